The summed E-state index contributed by atoms with van der Waals surface area (Å²) in [6.45, 7) is 4.72. The normalized spacial score (nSPS) is 14.0. The van der Waals surface area contributed by atoms with E-state index in [1.165, 1.54) is 0 Å². The molecule has 22 heavy (non-hydrogen) atoms. The lowest BCUT2D eigenvalue weighted by molar-refractivity contribution is -0.645. The lowest BCUT2D eigenvalue weighted by atomic mass is 10.00. The van der Waals surface area contributed by atoms with Crippen molar-refractivity contribution in [3.8, 4) is 0 Å². The molecule has 120 valence electrons. The van der Waals surface area contributed by atoms with Gasteiger partial charge in [0, 0.05) is 0 Å². The van der Waals surface area contributed by atoms with Crippen LogP contribution in [0.5, 0.6) is 0 Å². The molecule has 0 radical (unpaired) electrons. The zero-order valence-corrected chi connectivity index (χ0v) is 13.6. The molecule has 2 atom stereocenters. The Morgan fingerprint density at radius 3 is 2.82 bits per heavy atom. The molecule has 1 unspecified atom stereocenters. The van der Waals surface area contributed by atoms with Gasteiger partial charge in [0.15, 0.2) is 11.0 Å². The molecule has 0 saturated heterocycles. The summed E-state index contributed by atoms with van der Waals surface area (Å²) < 4.78 is 4.15. The van der Waals surface area contributed by atoms with Gasteiger partial charge in [0.2, 0.25) is 12.2 Å². The number of imidazole rings is 1. The first-order valence-electron chi connectivity index (χ1n) is 7.90. The minimum absolute atomic E-state index is 0.0117. The van der Waals surface area contributed by atoms with Crippen LogP contribution in [-0.2, 0) is 18.4 Å². The van der Waals surface area contributed by atoms with Crippen LogP contribution < -0.4 is 9.88 Å². The molecular weight excluding hydrogens is 278 g/mol. The molecule has 0 saturated carbocycles. The van der Waals surface area contributed by atoms with Crippen LogP contribution in [0, 0.1) is 5.92 Å². The van der Waals surface area contributed by atoms with Crippen molar-refractivity contribution >= 4 is 16.9 Å². The number of carbonyl (C=O) groups excluding carboxylic acids is 1. The maximum Gasteiger partial charge on any atom is 0.244 e. The number of aromatic nitrogens is 2. The number of aliphatic hydroxyl groups is 1. The minimum Gasteiger partial charge on any atom is -0.394 e. The summed E-state index contributed by atoms with van der Waals surface area (Å²) in [6.07, 6.45) is 3.35. The number of para-hydroxylation sites is 2. The van der Waals surface area contributed by atoms with Gasteiger partial charge in [0.05, 0.1) is 32.7 Å². The standard InChI is InChI=1S/C17H25N3O2/c1-4-13(2)14(11-21)18-17(22)9-10-20-12-19(3)15-7-5-6-8-16(15)20/h5-8,12-14,21H,4,9-11H2,1-3H3/p+1/t13?,14-/m1/s1. The molecule has 0 aliphatic heterocycles. The molecule has 1 aromatic heterocycles. The van der Waals surface area contributed by atoms with Crippen molar-refractivity contribution in [1.29, 1.82) is 0 Å². The van der Waals surface area contributed by atoms with Gasteiger partial charge in [-0.15, -0.1) is 0 Å². The molecule has 0 spiro atoms. The predicted molar refractivity (Wildman–Crippen MR) is 86.2 cm³/mol. The highest BCUT2D eigenvalue weighted by molar-refractivity contribution is 5.77. The van der Waals surface area contributed by atoms with Gasteiger partial charge in [0.1, 0.15) is 0 Å². The number of hydrogen-bond acceptors (Lipinski definition) is 2. The Labute approximate surface area is 131 Å². The van der Waals surface area contributed by atoms with E-state index in [4.69, 9.17) is 0 Å². The van der Waals surface area contributed by atoms with Crippen molar-refractivity contribution in [3.05, 3.63) is 30.6 Å². The number of aliphatic hydroxyl groups excluding tert-OH is 1. The van der Waals surface area contributed by atoms with E-state index in [2.05, 4.69) is 33.5 Å². The van der Waals surface area contributed by atoms with Crippen LogP contribution in [0.3, 0.4) is 0 Å². The molecular formula is C17H26N3O2+. The molecule has 5 heteroatoms. The van der Waals surface area contributed by atoms with Gasteiger partial charge in [-0.1, -0.05) is 32.4 Å². The molecule has 1 amide bonds. The summed E-state index contributed by atoms with van der Waals surface area (Å²) in [5.41, 5.74) is 2.27. The van der Waals surface area contributed by atoms with Crippen molar-refractivity contribution in [2.24, 2.45) is 13.0 Å². The summed E-state index contributed by atoms with van der Waals surface area (Å²) in [5, 5.41) is 12.3. The van der Waals surface area contributed by atoms with Gasteiger partial charge in [-0.25, -0.2) is 9.13 Å². The Kier molecular flexibility index (Phi) is 5.55. The van der Waals surface area contributed by atoms with E-state index < -0.39 is 0 Å². The molecule has 5 nitrogen and oxygen atoms in total. The predicted octanol–water partition coefficient (Wildman–Crippen LogP) is 1.38. The van der Waals surface area contributed by atoms with Gasteiger partial charge < -0.3 is 10.4 Å². The van der Waals surface area contributed by atoms with Crippen molar-refractivity contribution < 1.29 is 14.5 Å². The van der Waals surface area contributed by atoms with Crippen LogP contribution in [0.1, 0.15) is 26.7 Å². The quantitative estimate of drug-likeness (QED) is 0.759. The maximum atomic E-state index is 12.1. The summed E-state index contributed by atoms with van der Waals surface area (Å²) in [5.74, 6) is 0.263. The summed E-state index contributed by atoms with van der Waals surface area (Å²) >= 11 is 0. The molecule has 0 bridgehead atoms. The first-order chi connectivity index (χ1) is 10.6. The van der Waals surface area contributed by atoms with Crippen LogP contribution in [0.15, 0.2) is 30.6 Å². The summed E-state index contributed by atoms with van der Waals surface area (Å²) in [6, 6.07) is 7.98. The highest BCUT2D eigenvalue weighted by atomic mass is 16.3. The second kappa shape index (κ2) is 7.40. The van der Waals surface area contributed by atoms with Crippen LogP contribution in [0.25, 0.3) is 11.0 Å². The second-order valence-electron chi connectivity index (χ2n) is 5.90. The Hall–Kier alpha value is -1.88. The van der Waals surface area contributed by atoms with E-state index >= 15 is 0 Å². The minimum atomic E-state index is -0.157. The Bertz CT molecular complexity index is 636. The fraction of sp³-hybridized carbons (Fsp3) is 0.529. The molecule has 0 fully saturated rings. The van der Waals surface area contributed by atoms with E-state index in [-0.39, 0.29) is 24.5 Å². The van der Waals surface area contributed by atoms with E-state index in [9.17, 15) is 9.90 Å². The van der Waals surface area contributed by atoms with Gasteiger partial charge in [-0.05, 0) is 18.1 Å². The molecule has 1 heterocycles. The average molecular weight is 304 g/mol. The number of fused-ring (bicyclic) bond motifs is 1. The topological polar surface area (TPSA) is 58.1 Å². The third kappa shape index (κ3) is 3.65. The highest BCUT2D eigenvalue weighted by Crippen LogP contribution is 2.11. The number of nitrogens with one attached hydrogen (secondary N) is 1. The monoisotopic (exact) mass is 304 g/mol. The van der Waals surface area contributed by atoms with Crippen molar-refractivity contribution in [1.82, 2.24) is 9.88 Å². The van der Waals surface area contributed by atoms with Crippen LogP contribution >= 0.6 is 0 Å². The fourth-order valence-electron chi connectivity index (χ4n) is 2.67. The third-order valence-electron chi connectivity index (χ3n) is 4.34. The third-order valence-corrected chi connectivity index (χ3v) is 4.34. The maximum absolute atomic E-state index is 12.1. The van der Waals surface area contributed by atoms with Crippen LogP contribution in [0.4, 0.5) is 0 Å². The van der Waals surface area contributed by atoms with E-state index in [0.29, 0.717) is 13.0 Å². The molecule has 2 rings (SSSR count). The number of rotatable bonds is 7. The number of amides is 1. The number of nitrogens with zero attached hydrogens (tertiary/aromatic N) is 2. The van der Waals surface area contributed by atoms with Crippen LogP contribution in [0.2, 0.25) is 0 Å². The van der Waals surface area contributed by atoms with Crippen molar-refractivity contribution in [3.63, 3.8) is 0 Å². The van der Waals surface area contributed by atoms with Gasteiger partial charge >= 0.3 is 0 Å². The number of aryl methyl sites for hydroxylation is 2. The van der Waals surface area contributed by atoms with Crippen LogP contribution in [-0.4, -0.2) is 28.2 Å². The van der Waals surface area contributed by atoms with Gasteiger partial charge in [-0.3, -0.25) is 4.79 Å². The number of carbonyl (C=O) groups is 1. The summed E-state index contributed by atoms with van der Waals surface area (Å²) in [4.78, 5) is 12.1. The van der Waals surface area contributed by atoms with Crippen molar-refractivity contribution in [2.75, 3.05) is 6.61 Å². The summed E-state index contributed by atoms with van der Waals surface area (Å²) in [7, 11) is 2.00. The zero-order chi connectivity index (χ0) is 16.1. The van der Waals surface area contributed by atoms with E-state index in [1.54, 1.807) is 0 Å². The molecule has 2 N–H and O–H groups in total. The lowest BCUT2D eigenvalue weighted by Crippen LogP contribution is -2.42. The molecule has 0 aliphatic carbocycles. The Morgan fingerprint density at radius 2 is 2.14 bits per heavy atom. The van der Waals surface area contributed by atoms with E-state index in [1.807, 2.05) is 32.4 Å². The second-order valence-corrected chi connectivity index (χ2v) is 5.90. The molecule has 0 aliphatic rings. The zero-order valence-electron chi connectivity index (χ0n) is 13.6. The van der Waals surface area contributed by atoms with Gasteiger partial charge in [0.25, 0.3) is 0 Å². The largest absolute Gasteiger partial charge is 0.394 e. The Morgan fingerprint density at radius 1 is 1.41 bits per heavy atom. The van der Waals surface area contributed by atoms with E-state index in [0.717, 1.165) is 17.5 Å². The average Bonchev–Trinajstić information content (AvgIpc) is 2.86. The molecule has 2 aromatic rings. The fourth-order valence-corrected chi connectivity index (χ4v) is 2.67. The first-order valence-corrected chi connectivity index (χ1v) is 7.90. The number of benzene rings is 1. The smallest absolute Gasteiger partial charge is 0.244 e. The van der Waals surface area contributed by atoms with Crippen molar-refractivity contribution in [2.45, 2.75) is 39.3 Å². The lowest BCUT2D eigenvalue weighted by Gasteiger charge is -2.21. The molecule has 1 aromatic carbocycles. The first kappa shape index (κ1) is 16.5. The number of hydrogen-bond donors (Lipinski definition) is 2. The highest BCUT2D eigenvalue weighted by Gasteiger charge is 2.18. The Balaban J connectivity index is 1.98. The van der Waals surface area contributed by atoms with Gasteiger partial charge in [-0.2, -0.15) is 0 Å². The SMILES string of the molecule is CCC(C)[C@@H](CO)NC(=O)CCn1c[n+](C)c2ccccc21.